The van der Waals surface area contributed by atoms with Gasteiger partial charge in [-0.3, -0.25) is 0 Å². The Bertz CT molecular complexity index is 444. The van der Waals surface area contributed by atoms with Crippen molar-refractivity contribution < 1.29 is 9.47 Å². The SMILES string of the molecule is COc1ccc2c(c1)C(CCNCC1CCCO1)CN2. The highest BCUT2D eigenvalue weighted by Gasteiger charge is 2.22. The first-order chi connectivity index (χ1) is 9.86. The van der Waals surface area contributed by atoms with E-state index in [-0.39, 0.29) is 0 Å². The van der Waals surface area contributed by atoms with Gasteiger partial charge in [0.25, 0.3) is 0 Å². The van der Waals surface area contributed by atoms with Gasteiger partial charge in [-0.25, -0.2) is 0 Å². The lowest BCUT2D eigenvalue weighted by molar-refractivity contribution is 0.110. The standard InChI is InChI=1S/C16H24N2O2/c1-19-13-4-5-16-15(9-13)12(10-18-16)6-7-17-11-14-3-2-8-20-14/h4-5,9,12,14,17-18H,2-3,6-8,10-11H2,1H3. The van der Waals surface area contributed by atoms with Crippen LogP contribution in [-0.4, -0.2) is 39.5 Å². The Morgan fingerprint density at radius 3 is 3.20 bits per heavy atom. The fourth-order valence-electron chi connectivity index (χ4n) is 3.11. The number of methoxy groups -OCH3 is 1. The fourth-order valence-corrected chi connectivity index (χ4v) is 3.11. The minimum Gasteiger partial charge on any atom is -0.497 e. The summed E-state index contributed by atoms with van der Waals surface area (Å²) in [7, 11) is 1.72. The summed E-state index contributed by atoms with van der Waals surface area (Å²) >= 11 is 0. The van der Waals surface area contributed by atoms with Crippen molar-refractivity contribution in [1.82, 2.24) is 5.32 Å². The van der Waals surface area contributed by atoms with Crippen molar-refractivity contribution in [2.75, 3.05) is 38.7 Å². The predicted octanol–water partition coefficient (Wildman–Crippen LogP) is 2.36. The van der Waals surface area contributed by atoms with Crippen LogP contribution in [0, 0.1) is 0 Å². The van der Waals surface area contributed by atoms with Crippen LogP contribution in [0.1, 0.15) is 30.7 Å². The highest BCUT2D eigenvalue weighted by atomic mass is 16.5. The maximum absolute atomic E-state index is 5.62. The van der Waals surface area contributed by atoms with E-state index in [1.165, 1.54) is 24.1 Å². The molecule has 2 heterocycles. The molecule has 2 atom stereocenters. The molecule has 0 radical (unpaired) electrons. The lowest BCUT2D eigenvalue weighted by atomic mass is 9.97. The number of rotatable bonds is 6. The highest BCUT2D eigenvalue weighted by molar-refractivity contribution is 5.60. The Morgan fingerprint density at radius 2 is 2.40 bits per heavy atom. The van der Waals surface area contributed by atoms with Crippen LogP contribution < -0.4 is 15.4 Å². The molecular formula is C16H24N2O2. The Morgan fingerprint density at radius 1 is 1.45 bits per heavy atom. The molecule has 1 aromatic carbocycles. The van der Waals surface area contributed by atoms with Crippen molar-refractivity contribution in [3.05, 3.63) is 23.8 Å². The van der Waals surface area contributed by atoms with E-state index < -0.39 is 0 Å². The zero-order chi connectivity index (χ0) is 13.8. The van der Waals surface area contributed by atoms with Gasteiger partial charge in [0.1, 0.15) is 5.75 Å². The first-order valence-electron chi connectivity index (χ1n) is 7.61. The number of ether oxygens (including phenoxy) is 2. The monoisotopic (exact) mass is 276 g/mol. The van der Waals surface area contributed by atoms with Gasteiger partial charge in [0.15, 0.2) is 0 Å². The predicted molar refractivity (Wildman–Crippen MR) is 80.7 cm³/mol. The van der Waals surface area contributed by atoms with Crippen molar-refractivity contribution in [1.29, 1.82) is 0 Å². The molecule has 20 heavy (non-hydrogen) atoms. The molecule has 1 saturated heterocycles. The van der Waals surface area contributed by atoms with Gasteiger partial charge in [0, 0.05) is 31.3 Å². The van der Waals surface area contributed by atoms with Gasteiger partial charge in [0.2, 0.25) is 0 Å². The van der Waals surface area contributed by atoms with Gasteiger partial charge in [-0.1, -0.05) is 0 Å². The molecule has 0 amide bonds. The van der Waals surface area contributed by atoms with Crippen molar-refractivity contribution in [2.45, 2.75) is 31.3 Å². The minimum atomic E-state index is 0.434. The molecule has 2 unspecified atom stereocenters. The van der Waals surface area contributed by atoms with E-state index in [1.807, 2.05) is 6.07 Å². The number of fused-ring (bicyclic) bond motifs is 1. The molecule has 0 saturated carbocycles. The van der Waals surface area contributed by atoms with Crippen LogP contribution >= 0.6 is 0 Å². The average molecular weight is 276 g/mol. The van der Waals surface area contributed by atoms with E-state index in [2.05, 4.69) is 22.8 Å². The molecule has 1 fully saturated rings. The van der Waals surface area contributed by atoms with Crippen LogP contribution in [0.25, 0.3) is 0 Å². The number of anilines is 1. The second-order valence-electron chi connectivity index (χ2n) is 5.66. The van der Waals surface area contributed by atoms with Crippen LogP contribution in [0.3, 0.4) is 0 Å². The van der Waals surface area contributed by atoms with Gasteiger partial charge in [0.05, 0.1) is 13.2 Å². The smallest absolute Gasteiger partial charge is 0.119 e. The van der Waals surface area contributed by atoms with Crippen molar-refractivity contribution in [2.24, 2.45) is 0 Å². The van der Waals surface area contributed by atoms with Gasteiger partial charge in [-0.2, -0.15) is 0 Å². The lowest BCUT2D eigenvalue weighted by Crippen LogP contribution is -2.28. The second kappa shape index (κ2) is 6.46. The number of benzene rings is 1. The third-order valence-corrected chi connectivity index (χ3v) is 4.30. The summed E-state index contributed by atoms with van der Waals surface area (Å²) in [5.74, 6) is 1.53. The number of hydrogen-bond acceptors (Lipinski definition) is 4. The largest absolute Gasteiger partial charge is 0.497 e. The Balaban J connectivity index is 1.47. The van der Waals surface area contributed by atoms with Crippen LogP contribution in [-0.2, 0) is 4.74 Å². The molecule has 2 aliphatic heterocycles. The van der Waals surface area contributed by atoms with E-state index in [0.717, 1.165) is 38.4 Å². The summed E-state index contributed by atoms with van der Waals surface area (Å²) in [5, 5.41) is 7.01. The first-order valence-corrected chi connectivity index (χ1v) is 7.61. The second-order valence-corrected chi connectivity index (χ2v) is 5.66. The van der Waals surface area contributed by atoms with Gasteiger partial charge >= 0.3 is 0 Å². The molecule has 0 aromatic heterocycles. The first kappa shape index (κ1) is 13.7. The van der Waals surface area contributed by atoms with E-state index in [9.17, 15) is 0 Å². The maximum atomic E-state index is 5.62. The van der Waals surface area contributed by atoms with E-state index >= 15 is 0 Å². The molecule has 4 heteroatoms. The summed E-state index contributed by atoms with van der Waals surface area (Å²) in [6.45, 7) is 4.00. The topological polar surface area (TPSA) is 42.5 Å². The molecule has 4 nitrogen and oxygen atoms in total. The van der Waals surface area contributed by atoms with Crippen molar-refractivity contribution in [3.8, 4) is 5.75 Å². The van der Waals surface area contributed by atoms with E-state index in [0.29, 0.717) is 12.0 Å². The van der Waals surface area contributed by atoms with Crippen LogP contribution in [0.15, 0.2) is 18.2 Å². The fraction of sp³-hybridized carbons (Fsp3) is 0.625. The van der Waals surface area contributed by atoms with Crippen molar-refractivity contribution >= 4 is 5.69 Å². The quantitative estimate of drug-likeness (QED) is 0.783. The van der Waals surface area contributed by atoms with E-state index in [4.69, 9.17) is 9.47 Å². The van der Waals surface area contributed by atoms with Gasteiger partial charge < -0.3 is 20.1 Å². The molecule has 2 aliphatic rings. The number of hydrogen-bond donors (Lipinski definition) is 2. The van der Waals surface area contributed by atoms with Crippen LogP contribution in [0.2, 0.25) is 0 Å². The Kier molecular flexibility index (Phi) is 4.43. The summed E-state index contributed by atoms with van der Waals surface area (Å²) in [6.07, 6.45) is 4.01. The molecule has 0 spiro atoms. The number of nitrogens with one attached hydrogen (secondary N) is 2. The normalized spacial score (nSPS) is 24.4. The maximum Gasteiger partial charge on any atom is 0.119 e. The molecule has 1 aromatic rings. The third-order valence-electron chi connectivity index (χ3n) is 4.30. The third kappa shape index (κ3) is 3.07. The molecular weight excluding hydrogens is 252 g/mol. The van der Waals surface area contributed by atoms with Crippen molar-refractivity contribution in [3.63, 3.8) is 0 Å². The molecule has 3 rings (SSSR count). The zero-order valence-electron chi connectivity index (χ0n) is 12.2. The minimum absolute atomic E-state index is 0.434. The molecule has 0 bridgehead atoms. The Labute approximate surface area is 120 Å². The van der Waals surface area contributed by atoms with Crippen LogP contribution in [0.5, 0.6) is 5.75 Å². The molecule has 0 aliphatic carbocycles. The van der Waals surface area contributed by atoms with Gasteiger partial charge in [-0.05, 0) is 49.6 Å². The van der Waals surface area contributed by atoms with E-state index in [1.54, 1.807) is 7.11 Å². The summed E-state index contributed by atoms with van der Waals surface area (Å²) in [5.41, 5.74) is 2.65. The Hall–Kier alpha value is -1.26. The molecule has 2 N–H and O–H groups in total. The zero-order valence-corrected chi connectivity index (χ0v) is 12.2. The van der Waals surface area contributed by atoms with Crippen LogP contribution in [0.4, 0.5) is 5.69 Å². The lowest BCUT2D eigenvalue weighted by Gasteiger charge is -2.14. The van der Waals surface area contributed by atoms with Gasteiger partial charge in [-0.15, -0.1) is 0 Å². The summed E-state index contributed by atoms with van der Waals surface area (Å²) in [4.78, 5) is 0. The molecule has 110 valence electrons. The summed E-state index contributed by atoms with van der Waals surface area (Å²) in [6, 6.07) is 6.30. The summed E-state index contributed by atoms with van der Waals surface area (Å²) < 4.78 is 10.9. The average Bonchev–Trinajstić information content (AvgIpc) is 3.13. The highest BCUT2D eigenvalue weighted by Crippen LogP contribution is 2.35.